The molecule has 1 atom stereocenters. The van der Waals surface area contributed by atoms with E-state index in [1.54, 1.807) is 30.9 Å². The second-order valence-electron chi connectivity index (χ2n) is 6.47. The van der Waals surface area contributed by atoms with Gasteiger partial charge < -0.3 is 9.67 Å². The number of aliphatic hydroxyl groups is 1. The number of hydrogen-bond donors (Lipinski definition) is 1. The van der Waals surface area contributed by atoms with Gasteiger partial charge in [0.25, 0.3) is 0 Å². The maximum absolute atomic E-state index is 13.4. The van der Waals surface area contributed by atoms with Gasteiger partial charge in [0, 0.05) is 11.5 Å². The number of hydrogen-bond acceptors (Lipinski definition) is 2. The summed E-state index contributed by atoms with van der Waals surface area (Å²) in [7, 11) is -2.96. The molecule has 0 amide bonds. The highest BCUT2D eigenvalue weighted by atomic mass is 31.2. The van der Waals surface area contributed by atoms with E-state index < -0.39 is 24.4 Å². The first kappa shape index (κ1) is 18.5. The molecule has 0 aromatic heterocycles. The van der Waals surface area contributed by atoms with Crippen molar-refractivity contribution in [3.8, 4) is 0 Å². The van der Waals surface area contributed by atoms with Crippen LogP contribution in [-0.4, -0.2) is 17.9 Å². The van der Waals surface area contributed by atoms with Gasteiger partial charge in [-0.1, -0.05) is 54.6 Å². The van der Waals surface area contributed by atoms with Crippen molar-refractivity contribution in [3.05, 3.63) is 102 Å². The van der Waals surface area contributed by atoms with Crippen LogP contribution in [-0.2, 0) is 10.2 Å². The van der Waals surface area contributed by atoms with Crippen LogP contribution >= 0.6 is 7.14 Å². The minimum atomic E-state index is -2.96. The van der Waals surface area contributed by atoms with E-state index in [1.165, 1.54) is 48.5 Å². The van der Waals surface area contributed by atoms with Crippen molar-refractivity contribution in [3.63, 3.8) is 0 Å². The summed E-state index contributed by atoms with van der Waals surface area (Å²) < 4.78 is 40.1. The molecule has 0 radical (unpaired) electrons. The van der Waals surface area contributed by atoms with Crippen LogP contribution in [0.15, 0.2) is 78.9 Å². The van der Waals surface area contributed by atoms with E-state index in [9.17, 15) is 18.5 Å². The monoisotopic (exact) mass is 372 g/mol. The Balaban J connectivity index is 2.10. The Labute approximate surface area is 151 Å². The van der Waals surface area contributed by atoms with Crippen molar-refractivity contribution in [2.24, 2.45) is 0 Å². The van der Waals surface area contributed by atoms with Crippen molar-refractivity contribution >= 4 is 12.4 Å². The third-order valence-corrected chi connectivity index (χ3v) is 6.93. The summed E-state index contributed by atoms with van der Waals surface area (Å²) in [5, 5.41) is 12.2. The maximum atomic E-state index is 13.4. The fourth-order valence-electron chi connectivity index (χ4n) is 3.07. The van der Waals surface area contributed by atoms with Gasteiger partial charge in [0.05, 0.1) is 0 Å². The SMILES string of the molecule is CP(=O)(CC(O)(c1ccc(F)cc1)c1ccc(F)cc1)c1ccccc1. The molecular weight excluding hydrogens is 353 g/mol. The molecule has 0 aliphatic carbocycles. The topological polar surface area (TPSA) is 37.3 Å². The summed E-state index contributed by atoms with van der Waals surface area (Å²) in [4.78, 5) is 0. The van der Waals surface area contributed by atoms with E-state index >= 15 is 0 Å². The molecule has 134 valence electrons. The zero-order valence-electron chi connectivity index (χ0n) is 14.3. The molecule has 3 rings (SSSR count). The maximum Gasteiger partial charge on any atom is 0.123 e. The van der Waals surface area contributed by atoms with Crippen LogP contribution in [0.2, 0.25) is 0 Å². The lowest BCUT2D eigenvalue weighted by molar-refractivity contribution is 0.105. The van der Waals surface area contributed by atoms with E-state index in [0.29, 0.717) is 16.4 Å². The second-order valence-corrected chi connectivity index (χ2v) is 9.50. The van der Waals surface area contributed by atoms with E-state index in [1.807, 2.05) is 6.07 Å². The number of rotatable bonds is 5. The standard InChI is InChI=1S/C21H19F2O2P/c1-26(25,20-5-3-2-4-6-20)15-21(24,16-7-11-18(22)12-8-16)17-9-13-19(23)14-10-17/h2-14,24H,15H2,1H3. The Kier molecular flexibility index (Phi) is 5.08. The fourth-order valence-corrected chi connectivity index (χ4v) is 5.30. The van der Waals surface area contributed by atoms with Crippen LogP contribution < -0.4 is 5.30 Å². The normalized spacial score (nSPS) is 14.0. The number of benzene rings is 3. The molecule has 2 nitrogen and oxygen atoms in total. The summed E-state index contributed by atoms with van der Waals surface area (Å²) in [6.07, 6.45) is -0.0821. The Morgan fingerprint density at radius 2 is 1.23 bits per heavy atom. The fraction of sp³-hybridized carbons (Fsp3) is 0.143. The van der Waals surface area contributed by atoms with Crippen molar-refractivity contribution in [2.45, 2.75) is 5.60 Å². The molecule has 0 saturated heterocycles. The Morgan fingerprint density at radius 3 is 1.65 bits per heavy atom. The molecule has 0 heterocycles. The zero-order valence-corrected chi connectivity index (χ0v) is 15.2. The van der Waals surface area contributed by atoms with Gasteiger partial charge in [-0.15, -0.1) is 0 Å². The highest BCUT2D eigenvalue weighted by Gasteiger charge is 2.38. The molecule has 3 aromatic carbocycles. The van der Waals surface area contributed by atoms with Crippen molar-refractivity contribution in [1.29, 1.82) is 0 Å². The minimum Gasteiger partial charge on any atom is -0.380 e. The van der Waals surface area contributed by atoms with Gasteiger partial charge in [-0.05, 0) is 42.1 Å². The van der Waals surface area contributed by atoms with Crippen LogP contribution in [0.3, 0.4) is 0 Å². The Hall–Kier alpha value is -2.29. The lowest BCUT2D eigenvalue weighted by Gasteiger charge is -2.32. The summed E-state index contributed by atoms with van der Waals surface area (Å²) >= 11 is 0. The van der Waals surface area contributed by atoms with Gasteiger partial charge in [-0.3, -0.25) is 0 Å². The summed E-state index contributed by atoms with van der Waals surface area (Å²) in [5.41, 5.74) is -0.825. The Morgan fingerprint density at radius 1 is 0.808 bits per heavy atom. The van der Waals surface area contributed by atoms with Gasteiger partial charge in [-0.25, -0.2) is 8.78 Å². The second kappa shape index (κ2) is 7.14. The lowest BCUT2D eigenvalue weighted by Crippen LogP contribution is -2.33. The van der Waals surface area contributed by atoms with E-state index in [0.717, 1.165) is 0 Å². The highest BCUT2D eigenvalue weighted by Crippen LogP contribution is 2.48. The van der Waals surface area contributed by atoms with Crippen LogP contribution in [0.1, 0.15) is 11.1 Å². The molecule has 0 saturated carbocycles. The molecule has 0 spiro atoms. The minimum absolute atomic E-state index is 0.0821. The molecule has 1 unspecified atom stereocenters. The average Bonchev–Trinajstić information content (AvgIpc) is 2.63. The van der Waals surface area contributed by atoms with Gasteiger partial charge in [0.2, 0.25) is 0 Å². The molecule has 26 heavy (non-hydrogen) atoms. The van der Waals surface area contributed by atoms with Gasteiger partial charge >= 0.3 is 0 Å². The number of halogens is 2. The molecule has 1 N–H and O–H groups in total. The van der Waals surface area contributed by atoms with Crippen LogP contribution in [0, 0.1) is 11.6 Å². The van der Waals surface area contributed by atoms with Gasteiger partial charge in [-0.2, -0.15) is 0 Å². The van der Waals surface area contributed by atoms with E-state index in [4.69, 9.17) is 0 Å². The summed E-state index contributed by atoms with van der Waals surface area (Å²) in [6.45, 7) is 1.61. The molecular formula is C21H19F2O2P. The third kappa shape index (κ3) is 3.77. The first-order chi connectivity index (χ1) is 12.3. The van der Waals surface area contributed by atoms with Crippen molar-refractivity contribution in [2.75, 3.05) is 12.8 Å². The first-order valence-electron chi connectivity index (χ1n) is 8.18. The predicted octanol–water partition coefficient (Wildman–Crippen LogP) is 4.52. The predicted molar refractivity (Wildman–Crippen MR) is 100 cm³/mol. The van der Waals surface area contributed by atoms with Crippen LogP contribution in [0.5, 0.6) is 0 Å². The van der Waals surface area contributed by atoms with Crippen LogP contribution in [0.25, 0.3) is 0 Å². The first-order valence-corrected chi connectivity index (χ1v) is 10.5. The van der Waals surface area contributed by atoms with Crippen molar-refractivity contribution < 1.29 is 18.5 Å². The smallest absolute Gasteiger partial charge is 0.123 e. The quantitative estimate of drug-likeness (QED) is 0.669. The van der Waals surface area contributed by atoms with Gasteiger partial charge in [0.15, 0.2) is 0 Å². The Bertz CT molecular complexity index is 877. The molecule has 0 aliphatic heterocycles. The molecule has 0 bridgehead atoms. The van der Waals surface area contributed by atoms with E-state index in [2.05, 4.69) is 0 Å². The summed E-state index contributed by atoms with van der Waals surface area (Å²) in [6, 6.07) is 19.8. The largest absolute Gasteiger partial charge is 0.380 e. The third-order valence-electron chi connectivity index (χ3n) is 4.48. The average molecular weight is 372 g/mol. The van der Waals surface area contributed by atoms with E-state index in [-0.39, 0.29) is 6.16 Å². The van der Waals surface area contributed by atoms with Gasteiger partial charge in [0.1, 0.15) is 24.4 Å². The molecule has 0 fully saturated rings. The zero-order chi connectivity index (χ0) is 18.8. The molecule has 3 aromatic rings. The summed E-state index contributed by atoms with van der Waals surface area (Å²) in [5.74, 6) is -0.865. The van der Waals surface area contributed by atoms with Crippen LogP contribution in [0.4, 0.5) is 8.78 Å². The van der Waals surface area contributed by atoms with Crippen molar-refractivity contribution in [1.82, 2.24) is 0 Å². The molecule has 0 aliphatic rings. The highest BCUT2D eigenvalue weighted by molar-refractivity contribution is 7.70. The lowest BCUT2D eigenvalue weighted by atomic mass is 9.88. The molecule has 5 heteroatoms.